The van der Waals surface area contributed by atoms with Crippen molar-refractivity contribution in [1.82, 2.24) is 9.96 Å². The van der Waals surface area contributed by atoms with Gasteiger partial charge in [-0.3, -0.25) is 14.5 Å². The summed E-state index contributed by atoms with van der Waals surface area (Å²) in [5.41, 5.74) is 1.19. The van der Waals surface area contributed by atoms with Gasteiger partial charge in [-0.15, -0.1) is 0 Å². The summed E-state index contributed by atoms with van der Waals surface area (Å²) < 4.78 is 11.3. The predicted octanol–water partition coefficient (Wildman–Crippen LogP) is 1.70. The fourth-order valence-electron chi connectivity index (χ4n) is 4.28. The predicted molar refractivity (Wildman–Crippen MR) is 91.9 cm³/mol. The Bertz CT molecular complexity index is 617. The summed E-state index contributed by atoms with van der Waals surface area (Å²) in [6.07, 6.45) is 2.05. The van der Waals surface area contributed by atoms with Gasteiger partial charge in [0.15, 0.2) is 0 Å². The van der Waals surface area contributed by atoms with Gasteiger partial charge in [0.2, 0.25) is 0 Å². The molecule has 0 bridgehead atoms. The minimum absolute atomic E-state index is 0.0371. The van der Waals surface area contributed by atoms with Gasteiger partial charge in [0, 0.05) is 32.2 Å². The Labute approximate surface area is 148 Å². The van der Waals surface area contributed by atoms with Crippen molar-refractivity contribution in [3.8, 4) is 5.75 Å². The number of nitrogens with zero attached hydrogens (tertiary/aromatic N) is 2. The fourth-order valence-corrected chi connectivity index (χ4v) is 4.28. The molecular formula is C19H26N2O4. The number of hydroxylamine groups is 2. The van der Waals surface area contributed by atoms with Crippen molar-refractivity contribution in [2.24, 2.45) is 11.8 Å². The van der Waals surface area contributed by atoms with Crippen LogP contribution in [0.5, 0.6) is 5.75 Å². The first kappa shape index (κ1) is 16.8. The molecule has 1 aromatic carbocycles. The number of carbonyl (C=O) groups excluding carboxylic acids is 1. The highest BCUT2D eigenvalue weighted by atomic mass is 16.7. The molecule has 0 saturated carbocycles. The minimum Gasteiger partial charge on any atom is -0.497 e. The Hall–Kier alpha value is -1.63. The lowest BCUT2D eigenvalue weighted by atomic mass is 9.82. The summed E-state index contributed by atoms with van der Waals surface area (Å²) >= 11 is 0. The number of ether oxygens (including phenoxy) is 2. The van der Waals surface area contributed by atoms with Crippen molar-refractivity contribution in [3.63, 3.8) is 0 Å². The number of carbonyl (C=O) groups is 1. The lowest BCUT2D eigenvalue weighted by Crippen LogP contribution is -2.52. The van der Waals surface area contributed by atoms with Crippen LogP contribution in [-0.2, 0) is 20.9 Å². The molecule has 3 heterocycles. The molecule has 0 aliphatic carbocycles. The van der Waals surface area contributed by atoms with Crippen LogP contribution in [0.15, 0.2) is 24.3 Å². The molecule has 0 spiro atoms. The monoisotopic (exact) mass is 346 g/mol. The largest absolute Gasteiger partial charge is 0.497 e. The quantitative estimate of drug-likeness (QED) is 0.831. The van der Waals surface area contributed by atoms with Gasteiger partial charge >= 0.3 is 0 Å². The number of benzene rings is 1. The van der Waals surface area contributed by atoms with Crippen LogP contribution in [-0.4, -0.2) is 61.9 Å². The average molecular weight is 346 g/mol. The maximum Gasteiger partial charge on any atom is 0.250 e. The summed E-state index contributed by atoms with van der Waals surface area (Å²) in [5, 5.41) is 1.58. The summed E-state index contributed by atoms with van der Waals surface area (Å²) in [4.78, 5) is 20.8. The summed E-state index contributed by atoms with van der Waals surface area (Å²) in [6.45, 7) is 4.56. The van der Waals surface area contributed by atoms with Gasteiger partial charge in [-0.1, -0.05) is 12.1 Å². The topological polar surface area (TPSA) is 51.2 Å². The van der Waals surface area contributed by atoms with Crippen LogP contribution in [0.25, 0.3) is 0 Å². The Morgan fingerprint density at radius 3 is 3.04 bits per heavy atom. The van der Waals surface area contributed by atoms with Gasteiger partial charge in [0.1, 0.15) is 5.75 Å². The van der Waals surface area contributed by atoms with Crippen molar-refractivity contribution < 1.29 is 19.1 Å². The van der Waals surface area contributed by atoms with E-state index in [1.54, 1.807) is 12.2 Å². The van der Waals surface area contributed by atoms with E-state index in [0.29, 0.717) is 19.1 Å². The van der Waals surface area contributed by atoms with Crippen molar-refractivity contribution in [2.75, 3.05) is 40.0 Å². The number of likely N-dealkylation sites (tertiary alicyclic amines) is 1. The first-order valence-corrected chi connectivity index (χ1v) is 9.16. The van der Waals surface area contributed by atoms with E-state index in [9.17, 15) is 4.79 Å². The van der Waals surface area contributed by atoms with Crippen LogP contribution in [0.1, 0.15) is 18.4 Å². The molecule has 0 aromatic heterocycles. The zero-order valence-corrected chi connectivity index (χ0v) is 14.7. The molecule has 3 saturated heterocycles. The molecule has 3 fully saturated rings. The number of rotatable bonds is 4. The maximum absolute atomic E-state index is 12.9. The van der Waals surface area contributed by atoms with E-state index in [0.717, 1.165) is 44.8 Å². The molecule has 4 rings (SSSR count). The number of hydrogen-bond donors (Lipinski definition) is 0. The second kappa shape index (κ2) is 7.32. The molecule has 1 aromatic rings. The number of piperidine rings is 1. The van der Waals surface area contributed by atoms with Gasteiger partial charge in [-0.05, 0) is 30.5 Å². The van der Waals surface area contributed by atoms with Gasteiger partial charge in [-0.2, -0.15) is 0 Å². The van der Waals surface area contributed by atoms with Crippen molar-refractivity contribution in [3.05, 3.63) is 29.8 Å². The molecule has 0 radical (unpaired) electrons. The Morgan fingerprint density at radius 2 is 2.24 bits per heavy atom. The lowest BCUT2D eigenvalue weighted by molar-refractivity contribution is -0.179. The van der Waals surface area contributed by atoms with Crippen LogP contribution >= 0.6 is 0 Å². The van der Waals surface area contributed by atoms with Crippen LogP contribution < -0.4 is 4.74 Å². The Balaban J connectivity index is 1.48. The van der Waals surface area contributed by atoms with Gasteiger partial charge in [0.05, 0.1) is 32.3 Å². The van der Waals surface area contributed by atoms with E-state index in [1.165, 1.54) is 5.56 Å². The second-order valence-corrected chi connectivity index (χ2v) is 7.14. The molecule has 6 heteroatoms. The van der Waals surface area contributed by atoms with Gasteiger partial charge < -0.3 is 9.47 Å². The average Bonchev–Trinajstić information content (AvgIpc) is 3.32. The number of fused-ring (bicyclic) bond motifs is 1. The van der Waals surface area contributed by atoms with E-state index in [1.807, 2.05) is 12.1 Å². The Kier molecular flexibility index (Phi) is 4.92. The third kappa shape index (κ3) is 3.52. The summed E-state index contributed by atoms with van der Waals surface area (Å²) in [6, 6.07) is 8.12. The van der Waals surface area contributed by atoms with E-state index >= 15 is 0 Å². The van der Waals surface area contributed by atoms with Crippen LogP contribution in [0.4, 0.5) is 0 Å². The molecule has 0 N–H and O–H groups in total. The first-order chi connectivity index (χ1) is 12.2. The number of amides is 1. The molecule has 1 amide bonds. The van der Waals surface area contributed by atoms with E-state index in [2.05, 4.69) is 17.0 Å². The molecule has 25 heavy (non-hydrogen) atoms. The molecule has 3 atom stereocenters. The van der Waals surface area contributed by atoms with Crippen LogP contribution in [0.2, 0.25) is 0 Å². The van der Waals surface area contributed by atoms with Crippen LogP contribution in [0, 0.1) is 11.8 Å². The van der Waals surface area contributed by atoms with Gasteiger partial charge in [-0.25, -0.2) is 5.06 Å². The van der Waals surface area contributed by atoms with Crippen molar-refractivity contribution >= 4 is 5.91 Å². The summed E-state index contributed by atoms with van der Waals surface area (Å²) in [7, 11) is 1.68. The third-order valence-electron chi connectivity index (χ3n) is 5.53. The van der Waals surface area contributed by atoms with E-state index in [-0.39, 0.29) is 17.9 Å². The standard InChI is InChI=1S/C19H26N2O4/c1-23-15-5-2-4-14(10-15)11-20-12-17(16-6-9-24-18(16)13-20)19(22)21-7-3-8-25-21/h2,4-5,10,16-18H,3,6-9,11-13H2,1H3/t16-,17-,18+/m0/s1. The smallest absolute Gasteiger partial charge is 0.250 e. The SMILES string of the molecule is COc1cccc(CN2C[C@H](C(=O)N3CCCO3)[C@@H]3CCO[C@@H]3C2)c1. The molecule has 3 aliphatic heterocycles. The maximum atomic E-state index is 12.9. The van der Waals surface area contributed by atoms with Gasteiger partial charge in [0.25, 0.3) is 5.91 Å². The van der Waals surface area contributed by atoms with Crippen molar-refractivity contribution in [2.45, 2.75) is 25.5 Å². The molecular weight excluding hydrogens is 320 g/mol. The first-order valence-electron chi connectivity index (χ1n) is 9.16. The molecule has 136 valence electrons. The highest BCUT2D eigenvalue weighted by molar-refractivity contribution is 5.79. The normalized spacial score (nSPS) is 29.6. The third-order valence-corrected chi connectivity index (χ3v) is 5.53. The Morgan fingerprint density at radius 1 is 1.32 bits per heavy atom. The fraction of sp³-hybridized carbons (Fsp3) is 0.632. The number of methoxy groups -OCH3 is 1. The highest BCUT2D eigenvalue weighted by Gasteiger charge is 2.45. The second-order valence-electron chi connectivity index (χ2n) is 7.14. The number of hydrogen-bond acceptors (Lipinski definition) is 5. The van der Waals surface area contributed by atoms with Crippen molar-refractivity contribution in [1.29, 1.82) is 0 Å². The highest BCUT2D eigenvalue weighted by Crippen LogP contribution is 2.35. The lowest BCUT2D eigenvalue weighted by Gasteiger charge is -2.40. The molecule has 6 nitrogen and oxygen atoms in total. The molecule has 0 unspecified atom stereocenters. The zero-order chi connectivity index (χ0) is 17.2. The van der Waals surface area contributed by atoms with E-state index in [4.69, 9.17) is 14.3 Å². The minimum atomic E-state index is -0.0371. The zero-order valence-electron chi connectivity index (χ0n) is 14.7. The van der Waals surface area contributed by atoms with E-state index < -0.39 is 0 Å². The van der Waals surface area contributed by atoms with Crippen LogP contribution in [0.3, 0.4) is 0 Å². The molecule has 3 aliphatic rings. The summed E-state index contributed by atoms with van der Waals surface area (Å²) in [5.74, 6) is 1.28.